The number of imide groups is 2. The Labute approximate surface area is 359 Å². The molecule has 4 amide bonds. The van der Waals surface area contributed by atoms with E-state index in [1.165, 1.54) is 23.0 Å². The van der Waals surface area contributed by atoms with E-state index in [4.69, 9.17) is 21.4 Å². The largest absolute Gasteiger partial charge is 0.508 e. The van der Waals surface area contributed by atoms with Crippen LogP contribution in [0.4, 0.5) is 11.5 Å². The van der Waals surface area contributed by atoms with Gasteiger partial charge in [0.2, 0.25) is 23.6 Å². The highest BCUT2D eigenvalue weighted by Crippen LogP contribution is 2.64. The van der Waals surface area contributed by atoms with Crippen LogP contribution in [0.15, 0.2) is 109 Å². The predicted molar refractivity (Wildman–Crippen MR) is 232 cm³/mol. The monoisotopic (exact) mass is 850 g/mol. The Bertz CT molecular complexity index is 2920. The number of phenolic OH excluding ortho intramolecular Hbond substituents is 1. The van der Waals surface area contributed by atoms with E-state index in [2.05, 4.69) is 0 Å². The number of ether oxygens (including phenoxy) is 1. The number of phenols is 1. The number of anilines is 2. The van der Waals surface area contributed by atoms with E-state index in [0.717, 1.165) is 26.1 Å². The molecule has 3 fully saturated rings. The summed E-state index contributed by atoms with van der Waals surface area (Å²) in [6, 6.07) is 27.7. The van der Waals surface area contributed by atoms with Crippen molar-refractivity contribution >= 4 is 73.9 Å². The number of ketones is 1. The summed E-state index contributed by atoms with van der Waals surface area (Å²) in [7, 11) is 3.19. The minimum Gasteiger partial charge on any atom is -0.508 e. The number of aryl methyl sites for hydroxylation is 2. The molecule has 0 radical (unpaired) electrons. The molecule has 13 heteroatoms. The van der Waals surface area contributed by atoms with Crippen molar-refractivity contribution in [2.75, 3.05) is 16.9 Å². The van der Waals surface area contributed by atoms with Gasteiger partial charge in [-0.1, -0.05) is 59.6 Å². The lowest BCUT2D eigenvalue weighted by molar-refractivity contribution is -0.131. The third kappa shape index (κ3) is 5.68. The lowest BCUT2D eigenvalue weighted by Crippen LogP contribution is -2.49. The Kier molecular flexibility index (Phi) is 8.97. The molecule has 4 aromatic carbocycles. The molecule has 0 bridgehead atoms. The van der Waals surface area contributed by atoms with E-state index in [9.17, 15) is 19.5 Å². The van der Waals surface area contributed by atoms with Gasteiger partial charge in [0.05, 0.1) is 40.8 Å². The van der Waals surface area contributed by atoms with Crippen LogP contribution in [0.2, 0.25) is 5.02 Å². The van der Waals surface area contributed by atoms with Crippen molar-refractivity contribution in [2.45, 2.75) is 32.6 Å². The molecular weight excluding hydrogens is 812 g/mol. The molecule has 0 spiro atoms. The van der Waals surface area contributed by atoms with E-state index in [0.29, 0.717) is 44.7 Å². The van der Waals surface area contributed by atoms with Crippen LogP contribution in [0, 0.1) is 36.0 Å². The van der Waals surface area contributed by atoms with Crippen molar-refractivity contribution in [3.63, 3.8) is 0 Å². The molecule has 2 aliphatic carbocycles. The Hall–Kier alpha value is -6.37. The zero-order valence-electron chi connectivity index (χ0n) is 33.6. The molecule has 6 aromatic rings. The number of fused-ring (bicyclic) bond motifs is 5. The highest BCUT2D eigenvalue weighted by Gasteiger charge is 2.68. The van der Waals surface area contributed by atoms with Crippen LogP contribution in [0.25, 0.3) is 20.7 Å². The summed E-state index contributed by atoms with van der Waals surface area (Å²) in [6.45, 7) is 3.77. The van der Waals surface area contributed by atoms with Crippen LogP contribution in [-0.2, 0) is 26.2 Å². The minimum atomic E-state index is -1.39. The molecule has 4 heterocycles. The SMILES string of the molecule is COc1ccc([C@H]2C3=CC[C@@H]4C(=O)N(c5ccc(C(=O)c6ccccc6)cc5)C(=O)[C@@H]4[C@@H]3C[C@H]3C(=O)N(c4cc(-c5sc6ccc(Cl)cc6c5C)nn4C)C(=O)[C@@]23C)c(O)c1. The molecule has 11 nitrogen and oxygen atoms in total. The third-order valence-electron chi connectivity index (χ3n) is 13.5. The second kappa shape index (κ2) is 14.1. The molecule has 6 atom stereocenters. The van der Waals surface area contributed by atoms with Crippen LogP contribution < -0.4 is 14.5 Å². The number of amides is 4. The lowest BCUT2D eigenvalue weighted by atomic mass is 9.51. The van der Waals surface area contributed by atoms with Crippen LogP contribution in [0.5, 0.6) is 11.5 Å². The van der Waals surface area contributed by atoms with Crippen molar-refractivity contribution in [1.82, 2.24) is 9.78 Å². The average Bonchev–Trinajstić information content (AvgIpc) is 3.94. The summed E-state index contributed by atoms with van der Waals surface area (Å²) in [6.07, 6.45) is 2.31. The maximum absolute atomic E-state index is 15.2. The summed E-state index contributed by atoms with van der Waals surface area (Å²) >= 11 is 7.88. The predicted octanol–water partition coefficient (Wildman–Crippen LogP) is 8.64. The molecule has 1 saturated carbocycles. The van der Waals surface area contributed by atoms with Gasteiger partial charge in [0, 0.05) is 51.5 Å². The quantitative estimate of drug-likeness (QED) is 0.0957. The first-order chi connectivity index (χ1) is 29.3. The number of nitrogens with zero attached hydrogens (tertiary/aromatic N) is 4. The number of allylic oxidation sites excluding steroid dienone is 2. The van der Waals surface area contributed by atoms with Gasteiger partial charge in [-0.2, -0.15) is 5.10 Å². The van der Waals surface area contributed by atoms with Crippen molar-refractivity contribution in [1.29, 1.82) is 0 Å². The van der Waals surface area contributed by atoms with Crippen molar-refractivity contribution < 1.29 is 33.8 Å². The number of carbonyl (C=O) groups excluding carboxylic acids is 5. The second-order valence-electron chi connectivity index (χ2n) is 16.5. The average molecular weight is 851 g/mol. The van der Waals surface area contributed by atoms with Crippen molar-refractivity contribution in [2.24, 2.45) is 36.1 Å². The summed E-state index contributed by atoms with van der Waals surface area (Å²) in [5.41, 5.74) is 2.64. The number of carbonyl (C=O) groups is 5. The Morgan fingerprint density at radius 1 is 0.885 bits per heavy atom. The maximum Gasteiger partial charge on any atom is 0.242 e. The van der Waals surface area contributed by atoms with E-state index in [-0.39, 0.29) is 30.3 Å². The van der Waals surface area contributed by atoms with Crippen molar-refractivity contribution in [3.05, 3.63) is 136 Å². The first-order valence-corrected chi connectivity index (χ1v) is 21.3. The van der Waals surface area contributed by atoms with Gasteiger partial charge < -0.3 is 9.84 Å². The standard InChI is InChI=1S/C48H39ClN4O7S/c1-24-33-20-27(49)12-19-38(33)61-43(24)36-23-39(51(3)50-36)53-45(57)35-22-34-30(41(48(35,2)47(53)59)31-16-15-29(60-4)21-37(31)54)17-18-32-40(34)46(58)52(44(32)56)28-13-10-26(11-14-28)42(55)25-8-6-5-7-9-25/h5-17,19-21,23,32,34-35,40-41,54H,18,22H2,1-4H3/t32-,34+,35-,40-,41+,48+/m0/s1. The normalized spacial score (nSPS) is 24.5. The number of aromatic hydroxyl groups is 1. The van der Waals surface area contributed by atoms with Gasteiger partial charge in [-0.15, -0.1) is 11.3 Å². The fraction of sp³-hybridized carbons (Fsp3) is 0.250. The smallest absolute Gasteiger partial charge is 0.242 e. The Morgan fingerprint density at radius 3 is 2.34 bits per heavy atom. The Balaban J connectivity index is 1.03. The molecule has 0 unspecified atom stereocenters. The fourth-order valence-corrected chi connectivity index (χ4v) is 11.8. The molecule has 2 saturated heterocycles. The Morgan fingerprint density at radius 2 is 1.62 bits per heavy atom. The summed E-state index contributed by atoms with van der Waals surface area (Å²) in [5.74, 6) is -5.10. The van der Waals surface area contributed by atoms with E-state index >= 15 is 9.59 Å². The van der Waals surface area contributed by atoms with Gasteiger partial charge in [-0.05, 0) is 92.1 Å². The van der Waals surface area contributed by atoms with Crippen molar-refractivity contribution in [3.8, 4) is 22.1 Å². The molecule has 4 aliphatic rings. The first kappa shape index (κ1) is 38.8. The van der Waals surface area contributed by atoms with Gasteiger partial charge >= 0.3 is 0 Å². The number of hydrogen-bond acceptors (Lipinski definition) is 9. The van der Waals surface area contributed by atoms with Crippen LogP contribution in [0.1, 0.15) is 52.7 Å². The number of thiophene rings is 1. The molecular formula is C48H39ClN4O7S. The zero-order valence-corrected chi connectivity index (χ0v) is 35.2. The molecule has 306 valence electrons. The summed E-state index contributed by atoms with van der Waals surface area (Å²) in [5, 5.41) is 18.0. The molecule has 2 aromatic heterocycles. The van der Waals surface area contributed by atoms with Crippen LogP contribution in [-0.4, -0.2) is 51.4 Å². The van der Waals surface area contributed by atoms with Gasteiger partial charge in [-0.25, -0.2) is 4.90 Å². The molecule has 61 heavy (non-hydrogen) atoms. The van der Waals surface area contributed by atoms with Crippen LogP contribution in [0.3, 0.4) is 0 Å². The maximum atomic E-state index is 15.2. The van der Waals surface area contributed by atoms with Gasteiger partial charge in [0.15, 0.2) is 5.78 Å². The highest BCUT2D eigenvalue weighted by molar-refractivity contribution is 7.22. The molecule has 2 aliphatic heterocycles. The number of benzene rings is 4. The number of hydrogen-bond donors (Lipinski definition) is 1. The van der Waals surface area contributed by atoms with E-state index in [1.807, 2.05) is 37.3 Å². The third-order valence-corrected chi connectivity index (χ3v) is 15.0. The second-order valence-corrected chi connectivity index (χ2v) is 18.0. The lowest BCUT2D eigenvalue weighted by Gasteiger charge is -2.49. The number of aromatic nitrogens is 2. The first-order valence-electron chi connectivity index (χ1n) is 20.1. The molecule has 1 N–H and O–H groups in total. The number of rotatable bonds is 7. The fourth-order valence-electron chi connectivity index (χ4n) is 10.5. The van der Waals surface area contributed by atoms with E-state index in [1.54, 1.807) is 96.7 Å². The van der Waals surface area contributed by atoms with Gasteiger partial charge in [-0.3, -0.25) is 33.6 Å². The zero-order chi connectivity index (χ0) is 42.6. The number of methoxy groups -OCH3 is 1. The summed E-state index contributed by atoms with van der Waals surface area (Å²) in [4.78, 5) is 75.6. The number of halogens is 1. The minimum absolute atomic E-state index is 0.115. The van der Waals surface area contributed by atoms with Gasteiger partial charge in [0.25, 0.3) is 0 Å². The highest BCUT2D eigenvalue weighted by atomic mass is 35.5. The van der Waals surface area contributed by atoms with Gasteiger partial charge in [0.1, 0.15) is 23.0 Å². The molecule has 10 rings (SSSR count). The van der Waals surface area contributed by atoms with E-state index < -0.39 is 52.7 Å². The summed E-state index contributed by atoms with van der Waals surface area (Å²) < 4.78 is 7.98. The van der Waals surface area contributed by atoms with Crippen LogP contribution >= 0.6 is 22.9 Å². The topological polar surface area (TPSA) is 139 Å².